The van der Waals surface area contributed by atoms with Crippen molar-refractivity contribution in [1.82, 2.24) is 9.97 Å². The molecule has 1 fully saturated rings. The molecule has 0 aliphatic heterocycles. The third-order valence-electron chi connectivity index (χ3n) is 3.25. The highest BCUT2D eigenvalue weighted by Crippen LogP contribution is 2.42. The van der Waals surface area contributed by atoms with Gasteiger partial charge in [-0.3, -0.25) is 0 Å². The largest absolute Gasteiger partial charge is 0.467 e. The van der Waals surface area contributed by atoms with Gasteiger partial charge in [0.1, 0.15) is 0 Å². The van der Waals surface area contributed by atoms with Crippen molar-refractivity contribution in [1.29, 1.82) is 0 Å². The number of alkyl halides is 3. The topological polar surface area (TPSA) is 61.0 Å². The standard InChI is InChI=1S/C11H14F3N3O/c1-18-9-16-6-7(8(17-9)11(12,13)14)10(15)4-2-3-5-10/h6H,2-5,15H2,1H3. The molecule has 0 amide bonds. The van der Waals surface area contributed by atoms with Gasteiger partial charge in [-0.05, 0) is 12.8 Å². The van der Waals surface area contributed by atoms with Crippen LogP contribution in [0.3, 0.4) is 0 Å². The quantitative estimate of drug-likeness (QED) is 0.886. The molecular formula is C11H14F3N3O. The Morgan fingerprint density at radius 1 is 1.33 bits per heavy atom. The molecule has 0 saturated heterocycles. The van der Waals surface area contributed by atoms with Crippen LogP contribution in [0.25, 0.3) is 0 Å². The first-order chi connectivity index (χ1) is 8.37. The van der Waals surface area contributed by atoms with E-state index in [9.17, 15) is 13.2 Å². The van der Waals surface area contributed by atoms with E-state index in [0.717, 1.165) is 19.0 Å². The van der Waals surface area contributed by atoms with Crippen molar-refractivity contribution >= 4 is 0 Å². The van der Waals surface area contributed by atoms with E-state index in [1.165, 1.54) is 7.11 Å². The van der Waals surface area contributed by atoms with E-state index < -0.39 is 17.4 Å². The fourth-order valence-electron chi connectivity index (χ4n) is 2.32. The highest BCUT2D eigenvalue weighted by molar-refractivity contribution is 5.30. The SMILES string of the molecule is COc1ncc(C2(N)CCCC2)c(C(F)(F)F)n1. The zero-order valence-electron chi connectivity index (χ0n) is 9.92. The fourth-order valence-corrected chi connectivity index (χ4v) is 2.32. The van der Waals surface area contributed by atoms with Gasteiger partial charge in [0, 0.05) is 17.3 Å². The predicted molar refractivity (Wildman–Crippen MR) is 57.9 cm³/mol. The third kappa shape index (κ3) is 2.27. The molecule has 1 aliphatic rings. The maximum Gasteiger partial charge on any atom is 0.433 e. The summed E-state index contributed by atoms with van der Waals surface area (Å²) in [5.74, 6) is 0. The molecule has 1 aromatic heterocycles. The van der Waals surface area contributed by atoms with Gasteiger partial charge in [-0.15, -0.1) is 0 Å². The number of halogens is 3. The minimum absolute atomic E-state index is 0.0340. The Hall–Kier alpha value is -1.37. The molecule has 100 valence electrons. The Labute approximate surface area is 102 Å². The van der Waals surface area contributed by atoms with Crippen LogP contribution in [0.5, 0.6) is 6.01 Å². The molecule has 7 heteroatoms. The summed E-state index contributed by atoms with van der Waals surface area (Å²) < 4.78 is 43.6. The number of ether oxygens (including phenoxy) is 1. The Bertz CT molecular complexity index is 442. The number of nitrogens with two attached hydrogens (primary N) is 1. The molecule has 0 spiro atoms. The minimum Gasteiger partial charge on any atom is -0.467 e. The van der Waals surface area contributed by atoms with Crippen molar-refractivity contribution in [3.63, 3.8) is 0 Å². The Morgan fingerprint density at radius 3 is 2.44 bits per heavy atom. The summed E-state index contributed by atoms with van der Waals surface area (Å²) in [6, 6.07) is -0.298. The summed E-state index contributed by atoms with van der Waals surface area (Å²) >= 11 is 0. The van der Waals surface area contributed by atoms with Gasteiger partial charge in [0.15, 0.2) is 5.69 Å². The second-order valence-electron chi connectivity index (χ2n) is 4.48. The van der Waals surface area contributed by atoms with Crippen LogP contribution >= 0.6 is 0 Å². The van der Waals surface area contributed by atoms with Crippen LogP contribution in [0.1, 0.15) is 36.9 Å². The molecule has 4 nitrogen and oxygen atoms in total. The lowest BCUT2D eigenvalue weighted by Crippen LogP contribution is -2.36. The van der Waals surface area contributed by atoms with Gasteiger partial charge in [0.05, 0.1) is 7.11 Å². The van der Waals surface area contributed by atoms with E-state index >= 15 is 0 Å². The second-order valence-corrected chi connectivity index (χ2v) is 4.48. The molecule has 1 aliphatic carbocycles. The molecule has 2 N–H and O–H groups in total. The molecule has 2 rings (SSSR count). The smallest absolute Gasteiger partial charge is 0.433 e. The van der Waals surface area contributed by atoms with Crippen molar-refractivity contribution in [2.24, 2.45) is 5.73 Å². The van der Waals surface area contributed by atoms with Crippen molar-refractivity contribution in [3.8, 4) is 6.01 Å². The molecule has 0 bridgehead atoms. The molecule has 0 atom stereocenters. The van der Waals surface area contributed by atoms with Gasteiger partial charge in [0.2, 0.25) is 0 Å². The summed E-state index contributed by atoms with van der Waals surface area (Å²) in [4.78, 5) is 7.16. The average molecular weight is 261 g/mol. The minimum atomic E-state index is -4.56. The summed E-state index contributed by atoms with van der Waals surface area (Å²) in [6.45, 7) is 0. The van der Waals surface area contributed by atoms with Crippen LogP contribution in [0, 0.1) is 0 Å². The van der Waals surface area contributed by atoms with E-state index in [2.05, 4.69) is 14.7 Å². The zero-order valence-corrected chi connectivity index (χ0v) is 9.92. The molecule has 1 aromatic rings. The molecule has 0 radical (unpaired) electrons. The van der Waals surface area contributed by atoms with Crippen LogP contribution in [-0.4, -0.2) is 17.1 Å². The first-order valence-electron chi connectivity index (χ1n) is 5.64. The van der Waals surface area contributed by atoms with E-state index in [0.29, 0.717) is 12.8 Å². The average Bonchev–Trinajstić information content (AvgIpc) is 2.75. The first kappa shape index (κ1) is 13.1. The number of methoxy groups -OCH3 is 1. The fraction of sp³-hybridized carbons (Fsp3) is 0.636. The van der Waals surface area contributed by atoms with E-state index in [4.69, 9.17) is 5.73 Å². The van der Waals surface area contributed by atoms with E-state index in [1.54, 1.807) is 0 Å². The van der Waals surface area contributed by atoms with E-state index in [-0.39, 0.29) is 11.6 Å². The number of nitrogens with zero attached hydrogens (tertiary/aromatic N) is 2. The normalized spacial score (nSPS) is 18.9. The van der Waals surface area contributed by atoms with Crippen LogP contribution in [0.4, 0.5) is 13.2 Å². The van der Waals surface area contributed by atoms with Gasteiger partial charge in [-0.2, -0.15) is 18.2 Å². The summed E-state index contributed by atoms with van der Waals surface area (Å²) in [5, 5.41) is 0. The van der Waals surface area contributed by atoms with Crippen molar-refractivity contribution < 1.29 is 17.9 Å². The summed E-state index contributed by atoms with van der Waals surface area (Å²) in [5.41, 5.74) is 4.05. The van der Waals surface area contributed by atoms with Crippen LogP contribution in [0.15, 0.2) is 6.20 Å². The number of hydrogen-bond donors (Lipinski definition) is 1. The molecule has 0 aromatic carbocycles. The Kier molecular flexibility index (Phi) is 3.18. The van der Waals surface area contributed by atoms with Gasteiger partial charge < -0.3 is 10.5 Å². The molecule has 18 heavy (non-hydrogen) atoms. The zero-order chi connectivity index (χ0) is 13.4. The summed E-state index contributed by atoms with van der Waals surface area (Å²) in [7, 11) is 1.23. The maximum absolute atomic E-state index is 13.0. The van der Waals surface area contributed by atoms with Gasteiger partial charge >= 0.3 is 12.2 Å². The van der Waals surface area contributed by atoms with Crippen LogP contribution in [0.2, 0.25) is 0 Å². The second kappa shape index (κ2) is 4.38. The molecule has 1 saturated carbocycles. The first-order valence-corrected chi connectivity index (χ1v) is 5.64. The van der Waals surface area contributed by atoms with Gasteiger partial charge in [0.25, 0.3) is 0 Å². The van der Waals surface area contributed by atoms with Crippen molar-refractivity contribution in [2.75, 3.05) is 7.11 Å². The van der Waals surface area contributed by atoms with Crippen molar-refractivity contribution in [3.05, 3.63) is 17.5 Å². The molecular weight excluding hydrogens is 247 g/mol. The molecule has 1 heterocycles. The van der Waals surface area contributed by atoms with Crippen LogP contribution < -0.4 is 10.5 Å². The van der Waals surface area contributed by atoms with Gasteiger partial charge in [-0.1, -0.05) is 12.8 Å². The Balaban J connectivity index is 2.52. The lowest BCUT2D eigenvalue weighted by molar-refractivity contribution is -0.142. The van der Waals surface area contributed by atoms with Crippen LogP contribution in [-0.2, 0) is 11.7 Å². The number of rotatable bonds is 2. The third-order valence-corrected chi connectivity index (χ3v) is 3.25. The maximum atomic E-state index is 13.0. The lowest BCUT2D eigenvalue weighted by Gasteiger charge is -2.26. The predicted octanol–water partition coefficient (Wildman–Crippen LogP) is 2.23. The highest BCUT2D eigenvalue weighted by Gasteiger charge is 2.43. The molecule has 0 unspecified atom stereocenters. The number of hydrogen-bond acceptors (Lipinski definition) is 4. The number of aromatic nitrogens is 2. The highest BCUT2D eigenvalue weighted by atomic mass is 19.4. The lowest BCUT2D eigenvalue weighted by atomic mass is 9.89. The van der Waals surface area contributed by atoms with Crippen molar-refractivity contribution in [2.45, 2.75) is 37.4 Å². The van der Waals surface area contributed by atoms with Gasteiger partial charge in [-0.25, -0.2) is 4.98 Å². The van der Waals surface area contributed by atoms with E-state index in [1.807, 2.05) is 0 Å². The summed E-state index contributed by atoms with van der Waals surface area (Å²) in [6.07, 6.45) is -0.738. The Morgan fingerprint density at radius 2 is 1.94 bits per heavy atom. The monoisotopic (exact) mass is 261 g/mol.